The molecule has 0 N–H and O–H groups in total. The summed E-state index contributed by atoms with van der Waals surface area (Å²) in [6.07, 6.45) is 1.69. The fourth-order valence-electron chi connectivity index (χ4n) is 1.54. The molecule has 0 heterocycles. The largest absolute Gasteiger partial charge is 0.370 e. The van der Waals surface area contributed by atoms with E-state index in [2.05, 4.69) is 31.4 Å². The smallest absolute Gasteiger partial charge is 0.249 e. The molecule has 17 heavy (non-hydrogen) atoms. The lowest BCUT2D eigenvalue weighted by Crippen LogP contribution is -2.40. The summed E-state index contributed by atoms with van der Waals surface area (Å²) in [5, 5.41) is 0. The number of anilines is 1. The highest BCUT2D eigenvalue weighted by Gasteiger charge is 2.13. The second kappa shape index (κ2) is 8.31. The standard InChI is InChI=1S/C11H18N2O2.CH4S/c1-4-13(5-2)7-6-12(3)9-8-10(14)11(9)15;1-2/h8H,4-7H2,1-3H3;2H,1H3. The first kappa shape index (κ1) is 16.2. The Bertz CT molecular complexity index is 381. The SMILES string of the molecule is CCN(CC)CCN(C)c1cc(=O)c1=O.CS. The third-order valence-corrected chi connectivity index (χ3v) is 2.78. The summed E-state index contributed by atoms with van der Waals surface area (Å²) in [4.78, 5) is 26.0. The van der Waals surface area contributed by atoms with Crippen LogP contribution in [0, 0.1) is 0 Å². The van der Waals surface area contributed by atoms with Crippen LogP contribution in [0.2, 0.25) is 0 Å². The molecule has 0 bridgehead atoms. The van der Waals surface area contributed by atoms with Gasteiger partial charge in [0.05, 0.1) is 5.69 Å². The van der Waals surface area contributed by atoms with E-state index in [0.717, 1.165) is 26.2 Å². The Morgan fingerprint density at radius 1 is 1.12 bits per heavy atom. The topological polar surface area (TPSA) is 40.6 Å². The Morgan fingerprint density at radius 2 is 1.65 bits per heavy atom. The van der Waals surface area contributed by atoms with E-state index >= 15 is 0 Å². The second-order valence-corrected chi connectivity index (χ2v) is 3.67. The molecule has 0 atom stereocenters. The molecule has 98 valence electrons. The number of hydrogen-bond acceptors (Lipinski definition) is 5. The molecule has 0 aliphatic carbocycles. The lowest BCUT2D eigenvalue weighted by atomic mass is 10.2. The maximum Gasteiger partial charge on any atom is 0.249 e. The molecule has 0 unspecified atom stereocenters. The number of hydrogen-bond donors (Lipinski definition) is 1. The maximum absolute atomic E-state index is 11.1. The van der Waals surface area contributed by atoms with Gasteiger partial charge in [-0.3, -0.25) is 9.59 Å². The van der Waals surface area contributed by atoms with E-state index in [-0.39, 0.29) is 10.9 Å². The molecule has 0 aliphatic rings. The molecule has 1 aromatic carbocycles. The molecule has 0 amide bonds. The van der Waals surface area contributed by atoms with Crippen molar-refractivity contribution >= 4 is 18.3 Å². The summed E-state index contributed by atoms with van der Waals surface area (Å²) < 4.78 is 0. The van der Waals surface area contributed by atoms with Gasteiger partial charge in [-0.2, -0.15) is 12.6 Å². The van der Waals surface area contributed by atoms with E-state index in [1.165, 1.54) is 6.07 Å². The lowest BCUT2D eigenvalue weighted by molar-refractivity contribution is 0.311. The van der Waals surface area contributed by atoms with Gasteiger partial charge >= 0.3 is 0 Å². The Labute approximate surface area is 108 Å². The van der Waals surface area contributed by atoms with Gasteiger partial charge in [0.15, 0.2) is 0 Å². The van der Waals surface area contributed by atoms with E-state index < -0.39 is 0 Å². The van der Waals surface area contributed by atoms with Crippen molar-refractivity contribution in [2.45, 2.75) is 13.8 Å². The monoisotopic (exact) mass is 258 g/mol. The lowest BCUT2D eigenvalue weighted by Gasteiger charge is -2.24. The van der Waals surface area contributed by atoms with Crippen LogP contribution in [0.1, 0.15) is 13.8 Å². The minimum atomic E-state index is -0.375. The molecule has 0 radical (unpaired) electrons. The van der Waals surface area contributed by atoms with E-state index in [0.29, 0.717) is 5.69 Å². The van der Waals surface area contributed by atoms with Gasteiger partial charge in [-0.15, -0.1) is 0 Å². The van der Waals surface area contributed by atoms with Crippen LogP contribution in [-0.4, -0.2) is 44.4 Å². The van der Waals surface area contributed by atoms with Gasteiger partial charge < -0.3 is 9.80 Å². The minimum absolute atomic E-state index is 0.350. The van der Waals surface area contributed by atoms with Crippen LogP contribution in [0.15, 0.2) is 15.7 Å². The van der Waals surface area contributed by atoms with Crippen molar-refractivity contribution in [1.82, 2.24) is 4.90 Å². The Hall–Kier alpha value is -0.810. The summed E-state index contributed by atoms with van der Waals surface area (Å²) >= 11 is 3.53. The highest BCUT2D eigenvalue weighted by molar-refractivity contribution is 7.79. The van der Waals surface area contributed by atoms with Crippen LogP contribution in [0.4, 0.5) is 5.69 Å². The maximum atomic E-state index is 11.1. The van der Waals surface area contributed by atoms with Crippen LogP contribution in [0.3, 0.4) is 0 Å². The van der Waals surface area contributed by atoms with Crippen LogP contribution in [0.5, 0.6) is 0 Å². The van der Waals surface area contributed by atoms with Crippen LogP contribution in [-0.2, 0) is 0 Å². The van der Waals surface area contributed by atoms with E-state index in [1.54, 1.807) is 6.26 Å². The Balaban J connectivity index is 0.00000121. The molecular weight excluding hydrogens is 236 g/mol. The number of nitrogens with zero attached hydrogens (tertiary/aromatic N) is 2. The van der Waals surface area contributed by atoms with Gasteiger partial charge in [-0.1, -0.05) is 13.8 Å². The van der Waals surface area contributed by atoms with Crippen molar-refractivity contribution < 1.29 is 0 Å². The molecule has 0 aromatic heterocycles. The summed E-state index contributed by atoms with van der Waals surface area (Å²) in [5.74, 6) is 0. The van der Waals surface area contributed by atoms with Crippen molar-refractivity contribution in [3.05, 3.63) is 26.5 Å². The summed E-state index contributed by atoms with van der Waals surface area (Å²) in [7, 11) is 1.85. The molecule has 1 rings (SSSR count). The van der Waals surface area contributed by atoms with Gasteiger partial charge in [0.1, 0.15) is 0 Å². The highest BCUT2D eigenvalue weighted by atomic mass is 32.1. The molecule has 0 saturated heterocycles. The Morgan fingerprint density at radius 3 is 2.00 bits per heavy atom. The quantitative estimate of drug-likeness (QED) is 0.599. The van der Waals surface area contributed by atoms with Crippen molar-refractivity contribution in [2.24, 2.45) is 0 Å². The third-order valence-electron chi connectivity index (χ3n) is 2.78. The fourth-order valence-corrected chi connectivity index (χ4v) is 1.54. The van der Waals surface area contributed by atoms with Crippen LogP contribution in [0.25, 0.3) is 0 Å². The van der Waals surface area contributed by atoms with E-state index in [1.807, 2.05) is 11.9 Å². The molecule has 4 nitrogen and oxygen atoms in total. The zero-order valence-corrected chi connectivity index (χ0v) is 12.0. The number of thiol groups is 1. The first-order valence-corrected chi connectivity index (χ1v) is 6.68. The van der Waals surface area contributed by atoms with Crippen molar-refractivity contribution in [2.75, 3.05) is 44.4 Å². The van der Waals surface area contributed by atoms with Gasteiger partial charge in [0, 0.05) is 26.2 Å². The number of rotatable bonds is 6. The van der Waals surface area contributed by atoms with Crippen LogP contribution >= 0.6 is 12.6 Å². The third kappa shape index (κ3) is 4.52. The van der Waals surface area contributed by atoms with Gasteiger partial charge in [0.2, 0.25) is 10.9 Å². The fraction of sp³-hybridized carbons (Fsp3) is 0.667. The molecule has 0 spiro atoms. The Kier molecular flexibility index (Phi) is 7.91. The zero-order valence-electron chi connectivity index (χ0n) is 11.1. The van der Waals surface area contributed by atoms with Gasteiger partial charge in [-0.05, 0) is 19.3 Å². The minimum Gasteiger partial charge on any atom is -0.370 e. The predicted molar refractivity (Wildman–Crippen MR) is 77.3 cm³/mol. The number of likely N-dealkylation sites (N-methyl/N-ethyl adjacent to an activating group) is 2. The van der Waals surface area contributed by atoms with Gasteiger partial charge in [-0.25, -0.2) is 0 Å². The van der Waals surface area contributed by atoms with E-state index in [9.17, 15) is 9.59 Å². The van der Waals surface area contributed by atoms with Crippen molar-refractivity contribution in [1.29, 1.82) is 0 Å². The average Bonchev–Trinajstić information content (AvgIpc) is 2.38. The van der Waals surface area contributed by atoms with Crippen molar-refractivity contribution in [3.63, 3.8) is 0 Å². The molecule has 5 heteroatoms. The normalized spacial score (nSPS) is 10.2. The summed E-state index contributed by atoms with van der Waals surface area (Å²) in [6, 6.07) is 1.41. The molecular formula is C12H22N2O2S. The molecule has 0 saturated carbocycles. The first-order valence-electron chi connectivity index (χ1n) is 5.78. The van der Waals surface area contributed by atoms with Gasteiger partial charge in [0.25, 0.3) is 0 Å². The molecule has 1 aromatic rings. The second-order valence-electron chi connectivity index (χ2n) is 3.67. The summed E-state index contributed by atoms with van der Waals surface area (Å²) in [6.45, 7) is 7.95. The van der Waals surface area contributed by atoms with E-state index in [4.69, 9.17) is 0 Å². The zero-order chi connectivity index (χ0) is 13.4. The summed E-state index contributed by atoms with van der Waals surface area (Å²) in [5.41, 5.74) is -0.177. The first-order chi connectivity index (χ1) is 8.10. The van der Waals surface area contributed by atoms with Crippen LogP contribution < -0.4 is 15.8 Å². The predicted octanol–water partition coefficient (Wildman–Crippen LogP) is 0.607. The van der Waals surface area contributed by atoms with Crippen molar-refractivity contribution in [3.8, 4) is 0 Å². The molecule has 0 aliphatic heterocycles. The average molecular weight is 258 g/mol. The molecule has 0 fully saturated rings. The highest BCUT2D eigenvalue weighted by Crippen LogP contribution is 2.03.